The minimum atomic E-state index is -0.594. The Bertz CT molecular complexity index is 1130. The number of carbonyl (C=O) groups is 4. The molecule has 0 N–H and O–H groups in total. The molecule has 0 unspecified atom stereocenters. The highest BCUT2D eigenvalue weighted by Gasteiger charge is 2.19. The SMILES string of the molecule is CC(=O)OCc1cc(CCC(=O)OC(C)(C)C)cc(-c2cc(CCC(=O)OC(C)(C)C)cc(COC(C)=O)n2)n1. The second kappa shape index (κ2) is 14.0. The third-order valence-electron chi connectivity index (χ3n) is 5.06. The fraction of sp³-hybridized carbons (Fsp3) is 0.533. The van der Waals surface area contributed by atoms with Crippen molar-refractivity contribution in [3.8, 4) is 11.4 Å². The number of nitrogens with zero attached hydrogens (tertiary/aromatic N) is 2. The molecule has 0 saturated carbocycles. The van der Waals surface area contributed by atoms with Crippen molar-refractivity contribution in [2.24, 2.45) is 0 Å². The van der Waals surface area contributed by atoms with E-state index in [-0.39, 0.29) is 38.0 Å². The smallest absolute Gasteiger partial charge is 0.306 e. The first-order chi connectivity index (χ1) is 18.5. The summed E-state index contributed by atoms with van der Waals surface area (Å²) in [4.78, 5) is 56.8. The van der Waals surface area contributed by atoms with Gasteiger partial charge in [-0.2, -0.15) is 0 Å². The molecule has 0 aliphatic carbocycles. The van der Waals surface area contributed by atoms with Gasteiger partial charge < -0.3 is 18.9 Å². The summed E-state index contributed by atoms with van der Waals surface area (Å²) >= 11 is 0. The van der Waals surface area contributed by atoms with Gasteiger partial charge in [-0.05, 0) is 89.8 Å². The number of hydrogen-bond donors (Lipinski definition) is 0. The van der Waals surface area contributed by atoms with E-state index in [0.29, 0.717) is 35.6 Å². The molecule has 2 rings (SSSR count). The molecule has 2 heterocycles. The molecule has 10 nitrogen and oxygen atoms in total. The standard InChI is InChI=1S/C30H40N2O8/c1-19(33)37-17-23-13-21(9-11-27(35)39-29(3,4)5)15-25(31-23)26-16-22(10-12-28(36)40-30(6,7)8)14-24(32-26)18-38-20(2)34/h13-16H,9-12,17-18H2,1-8H3. The van der Waals surface area contributed by atoms with Gasteiger partial charge in [0.15, 0.2) is 0 Å². The molecule has 218 valence electrons. The van der Waals surface area contributed by atoms with E-state index in [4.69, 9.17) is 18.9 Å². The van der Waals surface area contributed by atoms with Crippen LogP contribution in [-0.4, -0.2) is 45.0 Å². The van der Waals surface area contributed by atoms with Crippen molar-refractivity contribution in [3.63, 3.8) is 0 Å². The first-order valence-electron chi connectivity index (χ1n) is 13.2. The summed E-state index contributed by atoms with van der Waals surface area (Å²) in [6.45, 7) is 13.4. The molecular weight excluding hydrogens is 516 g/mol. The minimum Gasteiger partial charge on any atom is -0.460 e. The van der Waals surface area contributed by atoms with Crippen molar-refractivity contribution >= 4 is 23.9 Å². The zero-order chi connectivity index (χ0) is 30.1. The lowest BCUT2D eigenvalue weighted by atomic mass is 10.0. The number of aromatic nitrogens is 2. The van der Waals surface area contributed by atoms with Crippen LogP contribution in [0.1, 0.15) is 90.7 Å². The molecule has 0 aliphatic rings. The van der Waals surface area contributed by atoms with Crippen molar-refractivity contribution in [2.75, 3.05) is 0 Å². The van der Waals surface area contributed by atoms with Crippen LogP contribution in [0.5, 0.6) is 0 Å². The van der Waals surface area contributed by atoms with E-state index in [1.807, 2.05) is 41.5 Å². The highest BCUT2D eigenvalue weighted by Crippen LogP contribution is 2.23. The van der Waals surface area contributed by atoms with Gasteiger partial charge in [0.1, 0.15) is 24.4 Å². The summed E-state index contributed by atoms with van der Waals surface area (Å²) in [6.07, 6.45) is 1.04. The molecule has 0 aromatic carbocycles. The lowest BCUT2D eigenvalue weighted by molar-refractivity contribution is -0.155. The van der Waals surface area contributed by atoms with Gasteiger partial charge in [-0.3, -0.25) is 19.2 Å². The summed E-state index contributed by atoms with van der Waals surface area (Å²) < 4.78 is 21.2. The Morgan fingerprint density at radius 1 is 0.625 bits per heavy atom. The van der Waals surface area contributed by atoms with Gasteiger partial charge in [0.2, 0.25) is 0 Å². The molecule has 2 aromatic rings. The number of carbonyl (C=O) groups excluding carboxylic acids is 4. The minimum absolute atomic E-state index is 0.0543. The summed E-state index contributed by atoms with van der Waals surface area (Å²) in [5, 5.41) is 0. The van der Waals surface area contributed by atoms with Crippen molar-refractivity contribution in [1.29, 1.82) is 0 Å². The zero-order valence-electron chi connectivity index (χ0n) is 24.7. The first-order valence-corrected chi connectivity index (χ1v) is 13.2. The van der Waals surface area contributed by atoms with Gasteiger partial charge in [0, 0.05) is 26.7 Å². The largest absolute Gasteiger partial charge is 0.460 e. The molecule has 0 fully saturated rings. The monoisotopic (exact) mass is 556 g/mol. The predicted octanol–water partition coefficient (Wildman–Crippen LogP) is 4.82. The number of hydrogen-bond acceptors (Lipinski definition) is 10. The number of ether oxygens (including phenoxy) is 4. The van der Waals surface area contributed by atoms with Crippen molar-refractivity contribution in [2.45, 2.75) is 105 Å². The number of pyridine rings is 2. The fourth-order valence-corrected chi connectivity index (χ4v) is 3.63. The first kappa shape index (κ1) is 32.4. The molecule has 0 saturated heterocycles. The van der Waals surface area contributed by atoms with E-state index in [1.165, 1.54) is 13.8 Å². The van der Waals surface area contributed by atoms with Crippen LogP contribution in [-0.2, 0) is 64.2 Å². The Kier molecular flexibility index (Phi) is 11.3. The lowest BCUT2D eigenvalue weighted by Crippen LogP contribution is -2.24. The molecule has 0 amide bonds. The molecule has 10 heteroatoms. The van der Waals surface area contributed by atoms with Gasteiger partial charge >= 0.3 is 23.9 Å². The van der Waals surface area contributed by atoms with Gasteiger partial charge in [-0.15, -0.1) is 0 Å². The third kappa shape index (κ3) is 12.8. The molecular formula is C30H40N2O8. The van der Waals surface area contributed by atoms with Crippen molar-refractivity contribution in [1.82, 2.24) is 9.97 Å². The second-order valence-corrected chi connectivity index (χ2v) is 11.4. The van der Waals surface area contributed by atoms with Crippen molar-refractivity contribution < 1.29 is 38.1 Å². The average molecular weight is 557 g/mol. The normalized spacial score (nSPS) is 11.5. The predicted molar refractivity (Wildman–Crippen MR) is 147 cm³/mol. The van der Waals surface area contributed by atoms with Gasteiger partial charge in [0.25, 0.3) is 0 Å². The lowest BCUT2D eigenvalue weighted by Gasteiger charge is -2.19. The van der Waals surface area contributed by atoms with Crippen molar-refractivity contribution in [3.05, 3.63) is 46.8 Å². The summed E-state index contributed by atoms with van der Waals surface area (Å²) in [7, 11) is 0. The van der Waals surface area contributed by atoms with Crippen LogP contribution in [0.25, 0.3) is 11.4 Å². The van der Waals surface area contributed by atoms with E-state index in [2.05, 4.69) is 9.97 Å². The Labute approximate surface area is 235 Å². The highest BCUT2D eigenvalue weighted by molar-refractivity contribution is 5.71. The van der Waals surface area contributed by atoms with E-state index >= 15 is 0 Å². The van der Waals surface area contributed by atoms with E-state index in [1.54, 1.807) is 24.3 Å². The Morgan fingerprint density at radius 2 is 0.975 bits per heavy atom. The fourth-order valence-electron chi connectivity index (χ4n) is 3.63. The van der Waals surface area contributed by atoms with E-state index in [9.17, 15) is 19.2 Å². The average Bonchev–Trinajstić information content (AvgIpc) is 2.81. The Hall–Kier alpha value is -3.82. The van der Waals surface area contributed by atoms with Gasteiger partial charge in [-0.25, -0.2) is 9.97 Å². The Balaban J connectivity index is 2.42. The van der Waals surface area contributed by atoms with Crippen LogP contribution in [0.15, 0.2) is 24.3 Å². The van der Waals surface area contributed by atoms with Gasteiger partial charge in [0.05, 0.1) is 22.8 Å². The molecule has 2 aromatic heterocycles. The maximum atomic E-state index is 12.3. The maximum Gasteiger partial charge on any atom is 0.306 e. The van der Waals surface area contributed by atoms with Crippen LogP contribution in [0.3, 0.4) is 0 Å². The summed E-state index contributed by atoms with van der Waals surface area (Å²) in [6, 6.07) is 7.14. The molecule has 0 spiro atoms. The molecule has 0 atom stereocenters. The second-order valence-electron chi connectivity index (χ2n) is 11.4. The topological polar surface area (TPSA) is 131 Å². The third-order valence-corrected chi connectivity index (χ3v) is 5.06. The van der Waals surface area contributed by atoms with Crippen LogP contribution in [0.2, 0.25) is 0 Å². The summed E-state index contributed by atoms with van der Waals surface area (Å²) in [5.41, 5.74) is 2.29. The van der Waals surface area contributed by atoms with E-state index < -0.39 is 23.1 Å². The molecule has 0 bridgehead atoms. The van der Waals surface area contributed by atoms with Gasteiger partial charge in [-0.1, -0.05) is 0 Å². The maximum absolute atomic E-state index is 12.3. The quantitative estimate of drug-likeness (QED) is 0.280. The van der Waals surface area contributed by atoms with Crippen LogP contribution < -0.4 is 0 Å². The Morgan fingerprint density at radius 3 is 1.27 bits per heavy atom. The van der Waals surface area contributed by atoms with E-state index in [0.717, 1.165) is 11.1 Å². The summed E-state index contributed by atoms with van der Waals surface area (Å²) in [5.74, 6) is -1.57. The zero-order valence-corrected chi connectivity index (χ0v) is 24.7. The van der Waals surface area contributed by atoms with Crippen LogP contribution in [0, 0.1) is 0 Å². The molecule has 0 radical (unpaired) electrons. The van der Waals surface area contributed by atoms with Crippen LogP contribution in [0.4, 0.5) is 0 Å². The molecule has 0 aliphatic heterocycles. The molecule has 40 heavy (non-hydrogen) atoms. The number of esters is 4. The van der Waals surface area contributed by atoms with Crippen LogP contribution >= 0.6 is 0 Å². The number of aryl methyl sites for hydroxylation is 2. The highest BCUT2D eigenvalue weighted by atomic mass is 16.6. The number of rotatable bonds is 11.